The molecule has 5 heteroatoms. The number of fused-ring (bicyclic) bond motifs is 1. The fourth-order valence-corrected chi connectivity index (χ4v) is 2.22. The highest BCUT2D eigenvalue weighted by molar-refractivity contribution is 5.83. The molecule has 0 aliphatic heterocycles. The summed E-state index contributed by atoms with van der Waals surface area (Å²) in [5, 5.41) is 9.88. The second kappa shape index (κ2) is 3.35. The fraction of sp³-hybridized carbons (Fsp3) is 0.231. The molecule has 0 amide bonds. The van der Waals surface area contributed by atoms with E-state index in [1.54, 1.807) is 0 Å². The van der Waals surface area contributed by atoms with Crippen molar-refractivity contribution in [2.24, 2.45) is 0 Å². The van der Waals surface area contributed by atoms with Gasteiger partial charge in [-0.05, 0) is 31.0 Å². The molecule has 2 N–H and O–H groups in total. The third-order valence-corrected chi connectivity index (χ3v) is 3.35. The molecule has 90 valence electrons. The average molecular weight is 239 g/mol. The highest BCUT2D eigenvalue weighted by atomic mass is 15.3. The Morgan fingerprint density at radius 3 is 2.89 bits per heavy atom. The molecule has 0 unspecified atom stereocenters. The van der Waals surface area contributed by atoms with Crippen molar-refractivity contribution < 1.29 is 0 Å². The van der Waals surface area contributed by atoms with Gasteiger partial charge in [0.2, 0.25) is 0 Å². The van der Waals surface area contributed by atoms with E-state index in [4.69, 9.17) is 5.73 Å². The van der Waals surface area contributed by atoms with Crippen molar-refractivity contribution in [3.05, 3.63) is 36.8 Å². The Morgan fingerprint density at radius 2 is 2.06 bits per heavy atom. The minimum atomic E-state index is 0.589. The van der Waals surface area contributed by atoms with Crippen LogP contribution in [0.1, 0.15) is 18.9 Å². The normalized spacial score (nSPS) is 15.3. The highest BCUT2D eigenvalue weighted by Crippen LogP contribution is 2.34. The van der Waals surface area contributed by atoms with Crippen LogP contribution in [0.25, 0.3) is 16.6 Å². The molecule has 1 aromatic carbocycles. The lowest BCUT2D eigenvalue weighted by atomic mass is 10.2. The standard InChI is InChI=1S/C13H13N5/c14-10-2-1-9-6-16-18(13(9)5-10)12-7-15-17(8-12)11-3-4-11/h1-2,5-8,11H,3-4,14H2. The van der Waals surface area contributed by atoms with Gasteiger partial charge in [-0.3, -0.25) is 4.68 Å². The quantitative estimate of drug-likeness (QED) is 0.697. The molecule has 4 rings (SSSR count). The minimum absolute atomic E-state index is 0.589. The Labute approximate surface area is 104 Å². The molecular weight excluding hydrogens is 226 g/mol. The molecule has 0 saturated heterocycles. The molecule has 18 heavy (non-hydrogen) atoms. The zero-order chi connectivity index (χ0) is 12.1. The number of rotatable bonds is 2. The fourth-order valence-electron chi connectivity index (χ4n) is 2.22. The van der Waals surface area contributed by atoms with E-state index in [2.05, 4.69) is 10.2 Å². The summed E-state index contributed by atoms with van der Waals surface area (Å²) < 4.78 is 3.91. The van der Waals surface area contributed by atoms with E-state index in [1.807, 2.05) is 46.2 Å². The maximum atomic E-state index is 5.83. The first kappa shape index (κ1) is 9.70. The van der Waals surface area contributed by atoms with Gasteiger partial charge in [0, 0.05) is 11.1 Å². The maximum Gasteiger partial charge on any atom is 0.103 e. The Morgan fingerprint density at radius 1 is 1.17 bits per heavy atom. The summed E-state index contributed by atoms with van der Waals surface area (Å²) in [6.07, 6.45) is 8.21. The summed E-state index contributed by atoms with van der Waals surface area (Å²) in [6, 6.07) is 6.41. The van der Waals surface area contributed by atoms with Crippen molar-refractivity contribution in [1.29, 1.82) is 0 Å². The van der Waals surface area contributed by atoms with Crippen LogP contribution in [-0.4, -0.2) is 19.6 Å². The lowest BCUT2D eigenvalue weighted by Crippen LogP contribution is -1.96. The van der Waals surface area contributed by atoms with Gasteiger partial charge in [0.25, 0.3) is 0 Å². The molecule has 2 heterocycles. The molecule has 0 radical (unpaired) electrons. The van der Waals surface area contributed by atoms with E-state index >= 15 is 0 Å². The number of hydrogen-bond donors (Lipinski definition) is 1. The molecule has 0 atom stereocenters. The predicted octanol–water partition coefficient (Wildman–Crippen LogP) is 2.14. The van der Waals surface area contributed by atoms with Crippen molar-refractivity contribution in [3.8, 4) is 5.69 Å². The number of nitrogens with two attached hydrogens (primary N) is 1. The van der Waals surface area contributed by atoms with Crippen LogP contribution >= 0.6 is 0 Å². The first-order chi connectivity index (χ1) is 8.81. The van der Waals surface area contributed by atoms with Gasteiger partial charge >= 0.3 is 0 Å². The first-order valence-corrected chi connectivity index (χ1v) is 6.09. The Balaban J connectivity index is 1.86. The minimum Gasteiger partial charge on any atom is -0.399 e. The molecule has 1 aliphatic carbocycles. The summed E-state index contributed by atoms with van der Waals surface area (Å²) in [5.41, 5.74) is 8.59. The van der Waals surface area contributed by atoms with Gasteiger partial charge in [0.05, 0.1) is 30.1 Å². The van der Waals surface area contributed by atoms with Gasteiger partial charge in [0.15, 0.2) is 0 Å². The van der Waals surface area contributed by atoms with E-state index in [1.165, 1.54) is 12.8 Å². The molecule has 1 fully saturated rings. The molecule has 0 spiro atoms. The summed E-state index contributed by atoms with van der Waals surface area (Å²) in [5.74, 6) is 0. The van der Waals surface area contributed by atoms with Gasteiger partial charge < -0.3 is 5.73 Å². The molecule has 3 aromatic rings. The zero-order valence-corrected chi connectivity index (χ0v) is 9.82. The van der Waals surface area contributed by atoms with E-state index in [0.29, 0.717) is 6.04 Å². The Kier molecular flexibility index (Phi) is 1.81. The van der Waals surface area contributed by atoms with Crippen LogP contribution in [0.5, 0.6) is 0 Å². The lowest BCUT2D eigenvalue weighted by molar-refractivity contribution is 0.641. The maximum absolute atomic E-state index is 5.83. The number of anilines is 1. The molecule has 2 aromatic heterocycles. The van der Waals surface area contributed by atoms with Crippen molar-refractivity contribution in [3.63, 3.8) is 0 Å². The summed E-state index contributed by atoms with van der Waals surface area (Å²) in [7, 11) is 0. The smallest absolute Gasteiger partial charge is 0.103 e. The number of nitrogen functional groups attached to an aromatic ring is 1. The molecule has 1 saturated carbocycles. The Bertz CT molecular complexity index is 720. The van der Waals surface area contributed by atoms with Crippen LogP contribution in [0.15, 0.2) is 36.8 Å². The summed E-state index contributed by atoms with van der Waals surface area (Å²) >= 11 is 0. The van der Waals surface area contributed by atoms with Gasteiger partial charge in [-0.15, -0.1) is 0 Å². The molecule has 0 bridgehead atoms. The Hall–Kier alpha value is -2.30. The molecule has 5 nitrogen and oxygen atoms in total. The van der Waals surface area contributed by atoms with E-state index < -0.39 is 0 Å². The van der Waals surface area contributed by atoms with Gasteiger partial charge in [-0.1, -0.05) is 0 Å². The van der Waals surface area contributed by atoms with Crippen molar-refractivity contribution in [2.75, 3.05) is 5.73 Å². The number of aromatic nitrogens is 4. The number of benzene rings is 1. The third-order valence-electron chi connectivity index (χ3n) is 3.35. The van der Waals surface area contributed by atoms with Crippen molar-refractivity contribution in [1.82, 2.24) is 19.6 Å². The van der Waals surface area contributed by atoms with Crippen molar-refractivity contribution in [2.45, 2.75) is 18.9 Å². The van der Waals surface area contributed by atoms with Gasteiger partial charge in [0.1, 0.15) is 5.69 Å². The topological polar surface area (TPSA) is 61.7 Å². The second-order valence-electron chi connectivity index (χ2n) is 4.78. The molecule has 1 aliphatic rings. The van der Waals surface area contributed by atoms with Crippen LogP contribution in [-0.2, 0) is 0 Å². The summed E-state index contributed by atoms with van der Waals surface area (Å²) in [4.78, 5) is 0. The third kappa shape index (κ3) is 1.40. The number of nitrogens with zero attached hydrogens (tertiary/aromatic N) is 4. The largest absolute Gasteiger partial charge is 0.399 e. The van der Waals surface area contributed by atoms with Crippen LogP contribution in [0.3, 0.4) is 0 Å². The van der Waals surface area contributed by atoms with E-state index in [0.717, 1.165) is 22.3 Å². The SMILES string of the molecule is Nc1ccc2cnn(-c3cnn(C4CC4)c3)c2c1. The molecular formula is C13H13N5. The van der Waals surface area contributed by atoms with Crippen LogP contribution in [0.2, 0.25) is 0 Å². The monoisotopic (exact) mass is 239 g/mol. The van der Waals surface area contributed by atoms with E-state index in [-0.39, 0.29) is 0 Å². The van der Waals surface area contributed by atoms with Crippen LogP contribution in [0.4, 0.5) is 5.69 Å². The lowest BCUT2D eigenvalue weighted by Gasteiger charge is -2.00. The van der Waals surface area contributed by atoms with Crippen LogP contribution in [0, 0.1) is 0 Å². The number of hydrogen-bond acceptors (Lipinski definition) is 3. The first-order valence-electron chi connectivity index (χ1n) is 6.09. The highest BCUT2D eigenvalue weighted by Gasteiger charge is 2.24. The van der Waals surface area contributed by atoms with Gasteiger partial charge in [-0.25, -0.2) is 4.68 Å². The average Bonchev–Trinajstić information content (AvgIpc) is 2.96. The van der Waals surface area contributed by atoms with Crippen molar-refractivity contribution >= 4 is 16.6 Å². The second-order valence-corrected chi connectivity index (χ2v) is 4.78. The van der Waals surface area contributed by atoms with Gasteiger partial charge in [-0.2, -0.15) is 10.2 Å². The van der Waals surface area contributed by atoms with E-state index in [9.17, 15) is 0 Å². The zero-order valence-electron chi connectivity index (χ0n) is 9.82. The van der Waals surface area contributed by atoms with Crippen LogP contribution < -0.4 is 5.73 Å². The predicted molar refractivity (Wildman–Crippen MR) is 69.5 cm³/mol. The summed E-state index contributed by atoms with van der Waals surface area (Å²) in [6.45, 7) is 0.